The zero-order chi connectivity index (χ0) is 8.15. The van der Waals surface area contributed by atoms with E-state index in [1.54, 1.807) is 0 Å². The molecule has 0 heterocycles. The van der Waals surface area contributed by atoms with Gasteiger partial charge in [0, 0.05) is 12.0 Å². The van der Waals surface area contributed by atoms with Crippen molar-refractivity contribution < 1.29 is 4.79 Å². The van der Waals surface area contributed by atoms with Gasteiger partial charge in [-0.3, -0.25) is 4.79 Å². The molecule has 10 heavy (non-hydrogen) atoms. The lowest BCUT2D eigenvalue weighted by atomic mass is 9.98. The maximum absolute atomic E-state index is 10.8. The molecule has 0 spiro atoms. The molecule has 0 aromatic carbocycles. The number of carbonyl (C=O) groups is 1. The number of nitrogens with two attached hydrogens (primary N) is 1. The second-order valence-corrected chi connectivity index (χ2v) is 3.03. The molecule has 2 nitrogen and oxygen atoms in total. The minimum absolute atomic E-state index is 0.0617. The standard InChI is InChI=1S/C7H15NOS/c1-3-4-6(5(2)8)7(9)10/h5-6H,3-4,8H2,1-2H3,(H,9,10). The van der Waals surface area contributed by atoms with Crippen molar-refractivity contribution in [3.8, 4) is 0 Å². The van der Waals surface area contributed by atoms with E-state index in [9.17, 15) is 4.79 Å². The number of rotatable bonds is 4. The first kappa shape index (κ1) is 9.98. The summed E-state index contributed by atoms with van der Waals surface area (Å²) in [5.74, 6) is -0.0617. The molecule has 2 atom stereocenters. The van der Waals surface area contributed by atoms with Crippen LogP contribution in [-0.2, 0) is 4.79 Å². The topological polar surface area (TPSA) is 43.1 Å². The highest BCUT2D eigenvalue weighted by Crippen LogP contribution is 2.12. The molecule has 0 radical (unpaired) electrons. The van der Waals surface area contributed by atoms with Gasteiger partial charge in [-0.1, -0.05) is 13.3 Å². The average molecular weight is 161 g/mol. The summed E-state index contributed by atoms with van der Waals surface area (Å²) in [6, 6.07) is -0.0649. The van der Waals surface area contributed by atoms with Gasteiger partial charge in [-0.25, -0.2) is 0 Å². The Bertz CT molecular complexity index is 114. The van der Waals surface area contributed by atoms with Gasteiger partial charge in [0.25, 0.3) is 0 Å². The van der Waals surface area contributed by atoms with Gasteiger partial charge in [0.2, 0.25) is 0 Å². The summed E-state index contributed by atoms with van der Waals surface area (Å²) >= 11 is 3.75. The van der Waals surface area contributed by atoms with Gasteiger partial charge in [0.1, 0.15) is 0 Å². The first-order chi connectivity index (χ1) is 4.59. The molecule has 3 heteroatoms. The van der Waals surface area contributed by atoms with E-state index in [0.29, 0.717) is 0 Å². The van der Waals surface area contributed by atoms with E-state index in [2.05, 4.69) is 12.6 Å². The molecule has 0 rings (SSSR count). The molecular weight excluding hydrogens is 146 g/mol. The van der Waals surface area contributed by atoms with Crippen LogP contribution in [0.1, 0.15) is 26.7 Å². The summed E-state index contributed by atoms with van der Waals surface area (Å²) in [6.45, 7) is 3.88. The van der Waals surface area contributed by atoms with E-state index in [4.69, 9.17) is 5.73 Å². The fourth-order valence-corrected chi connectivity index (χ4v) is 1.29. The molecule has 0 aromatic rings. The number of hydrogen-bond donors (Lipinski definition) is 2. The highest BCUT2D eigenvalue weighted by Gasteiger charge is 2.17. The van der Waals surface area contributed by atoms with Crippen LogP contribution in [0.2, 0.25) is 0 Å². The fraction of sp³-hybridized carbons (Fsp3) is 0.857. The summed E-state index contributed by atoms with van der Waals surface area (Å²) in [5, 5.41) is -0.0862. The lowest BCUT2D eigenvalue weighted by Crippen LogP contribution is -2.30. The maximum Gasteiger partial charge on any atom is 0.190 e. The van der Waals surface area contributed by atoms with Crippen molar-refractivity contribution in [2.24, 2.45) is 11.7 Å². The van der Waals surface area contributed by atoms with Crippen LogP contribution in [0, 0.1) is 5.92 Å². The molecule has 0 saturated carbocycles. The molecule has 0 aliphatic heterocycles. The van der Waals surface area contributed by atoms with E-state index in [-0.39, 0.29) is 17.1 Å². The predicted molar refractivity (Wildman–Crippen MR) is 46.0 cm³/mol. The third-order valence-corrected chi connectivity index (χ3v) is 1.88. The maximum atomic E-state index is 10.8. The first-order valence-electron chi connectivity index (χ1n) is 3.58. The molecule has 0 aliphatic carbocycles. The first-order valence-corrected chi connectivity index (χ1v) is 4.02. The van der Waals surface area contributed by atoms with Crippen LogP contribution in [0.4, 0.5) is 0 Å². The van der Waals surface area contributed by atoms with Crippen LogP contribution >= 0.6 is 12.6 Å². The summed E-state index contributed by atoms with van der Waals surface area (Å²) in [6.07, 6.45) is 1.83. The normalized spacial score (nSPS) is 16.4. The Hall–Kier alpha value is -0.0200. The van der Waals surface area contributed by atoms with Gasteiger partial charge < -0.3 is 5.73 Å². The lowest BCUT2D eigenvalue weighted by molar-refractivity contribution is -0.114. The molecule has 0 aliphatic rings. The zero-order valence-corrected chi connectivity index (χ0v) is 7.40. The molecule has 60 valence electrons. The third-order valence-electron chi connectivity index (χ3n) is 1.55. The molecule has 0 saturated heterocycles. The van der Waals surface area contributed by atoms with Gasteiger partial charge in [0.05, 0.1) is 0 Å². The van der Waals surface area contributed by atoms with E-state index >= 15 is 0 Å². The highest BCUT2D eigenvalue weighted by atomic mass is 32.1. The van der Waals surface area contributed by atoms with E-state index in [1.165, 1.54) is 0 Å². The Morgan fingerprint density at radius 1 is 1.70 bits per heavy atom. The quantitative estimate of drug-likeness (QED) is 0.609. The van der Waals surface area contributed by atoms with Crippen molar-refractivity contribution in [3.63, 3.8) is 0 Å². The average Bonchev–Trinajstić information content (AvgIpc) is 1.81. The molecule has 0 bridgehead atoms. The lowest BCUT2D eigenvalue weighted by Gasteiger charge is -2.15. The fourth-order valence-electron chi connectivity index (χ4n) is 0.922. The SMILES string of the molecule is CCCC(C(=O)S)C(C)N. The number of carbonyl (C=O) groups excluding carboxylic acids is 1. The Morgan fingerprint density at radius 2 is 2.20 bits per heavy atom. The Morgan fingerprint density at radius 3 is 2.30 bits per heavy atom. The number of hydrogen-bond acceptors (Lipinski definition) is 2. The van der Waals surface area contributed by atoms with Crippen LogP contribution in [0.3, 0.4) is 0 Å². The zero-order valence-electron chi connectivity index (χ0n) is 6.50. The molecule has 0 aromatic heterocycles. The van der Waals surface area contributed by atoms with Crippen LogP contribution < -0.4 is 5.73 Å². The van der Waals surface area contributed by atoms with Crippen molar-refractivity contribution in [2.75, 3.05) is 0 Å². The predicted octanol–water partition coefficient (Wildman–Crippen LogP) is 1.21. The van der Waals surface area contributed by atoms with Crippen LogP contribution in [-0.4, -0.2) is 11.2 Å². The van der Waals surface area contributed by atoms with Crippen LogP contribution in [0.15, 0.2) is 0 Å². The van der Waals surface area contributed by atoms with E-state index in [1.807, 2.05) is 13.8 Å². The summed E-state index contributed by atoms with van der Waals surface area (Å²) in [7, 11) is 0. The highest BCUT2D eigenvalue weighted by molar-refractivity contribution is 7.96. The van der Waals surface area contributed by atoms with Gasteiger partial charge in [-0.15, -0.1) is 12.6 Å². The Balaban J connectivity index is 3.85. The smallest absolute Gasteiger partial charge is 0.190 e. The summed E-state index contributed by atoms with van der Waals surface area (Å²) in [4.78, 5) is 10.8. The molecule has 0 amide bonds. The number of thiol groups is 1. The largest absolute Gasteiger partial charge is 0.327 e. The van der Waals surface area contributed by atoms with Crippen molar-refractivity contribution >= 4 is 17.7 Å². The van der Waals surface area contributed by atoms with E-state index < -0.39 is 0 Å². The van der Waals surface area contributed by atoms with Crippen molar-refractivity contribution in [1.82, 2.24) is 0 Å². The van der Waals surface area contributed by atoms with Crippen molar-refractivity contribution in [2.45, 2.75) is 32.7 Å². The van der Waals surface area contributed by atoms with Gasteiger partial charge in [-0.05, 0) is 13.3 Å². The minimum atomic E-state index is -0.0862. The Labute approximate surface area is 67.6 Å². The molecule has 2 unspecified atom stereocenters. The summed E-state index contributed by atoms with van der Waals surface area (Å²) in [5.41, 5.74) is 5.55. The Kier molecular flexibility index (Phi) is 4.73. The van der Waals surface area contributed by atoms with Gasteiger partial charge in [-0.2, -0.15) is 0 Å². The third kappa shape index (κ3) is 3.22. The molecule has 0 fully saturated rings. The molecule has 2 N–H and O–H groups in total. The van der Waals surface area contributed by atoms with Crippen LogP contribution in [0.25, 0.3) is 0 Å². The molecular formula is C7H15NOS. The monoisotopic (exact) mass is 161 g/mol. The van der Waals surface area contributed by atoms with Gasteiger partial charge in [0.15, 0.2) is 5.12 Å². The second kappa shape index (κ2) is 4.74. The van der Waals surface area contributed by atoms with E-state index in [0.717, 1.165) is 12.8 Å². The second-order valence-electron chi connectivity index (χ2n) is 2.59. The van der Waals surface area contributed by atoms with Crippen LogP contribution in [0.5, 0.6) is 0 Å². The summed E-state index contributed by atoms with van der Waals surface area (Å²) < 4.78 is 0. The van der Waals surface area contributed by atoms with Gasteiger partial charge >= 0.3 is 0 Å². The van der Waals surface area contributed by atoms with Crippen molar-refractivity contribution in [3.05, 3.63) is 0 Å². The van der Waals surface area contributed by atoms with Crippen molar-refractivity contribution in [1.29, 1.82) is 0 Å². The minimum Gasteiger partial charge on any atom is -0.327 e.